The van der Waals surface area contributed by atoms with Gasteiger partial charge in [-0.05, 0) is 77.5 Å². The molecule has 0 saturated heterocycles. The van der Waals surface area contributed by atoms with E-state index in [2.05, 4.69) is 150 Å². The fraction of sp³-hybridized carbons (Fsp3) is 0. The second kappa shape index (κ2) is 12.7. The minimum absolute atomic E-state index is 0.512. The second-order valence-corrected chi connectivity index (χ2v) is 17.0. The Morgan fingerprint density at radius 2 is 0.952 bits per heavy atom. The fourth-order valence-corrected chi connectivity index (χ4v) is 10.7. The third-order valence-corrected chi connectivity index (χ3v) is 13.6. The van der Waals surface area contributed by atoms with Crippen LogP contribution in [0.2, 0.25) is 0 Å². The number of para-hydroxylation sites is 3. The van der Waals surface area contributed by atoms with Gasteiger partial charge in [0.05, 0.1) is 22.3 Å². The maximum atomic E-state index is 6.92. The molecule has 0 aliphatic carbocycles. The number of nitrogens with zero attached hydrogens (tertiary/aromatic N) is 4. The van der Waals surface area contributed by atoms with Gasteiger partial charge in [-0.1, -0.05) is 115 Å². The van der Waals surface area contributed by atoms with Crippen molar-refractivity contribution in [3.63, 3.8) is 0 Å². The standard InChI is InChI=1S/C55H30N4O2S/c1-2-12-32-28-45-42(27-31(32)11-1)35-13-3-7-17-43(35)59(45)44-26-25-41-37-15-5-9-19-47(37)61-52(41)51(44)55-57-53(33-21-23-38-36-14-4-8-18-46(36)60-48(38)29-33)56-54(58-55)34-22-24-40-39-16-6-10-20-49(39)62-50(40)30-34/h1-30H. The topological polar surface area (TPSA) is 69.9 Å². The van der Waals surface area contributed by atoms with Gasteiger partial charge in [-0.25, -0.2) is 15.0 Å². The summed E-state index contributed by atoms with van der Waals surface area (Å²) < 4.78 is 18.1. The molecule has 5 aromatic heterocycles. The molecule has 7 heteroatoms. The molecule has 288 valence electrons. The summed E-state index contributed by atoms with van der Waals surface area (Å²) in [5, 5.41) is 11.3. The molecule has 0 fully saturated rings. The monoisotopic (exact) mass is 810 g/mol. The molecule has 0 saturated carbocycles. The van der Waals surface area contributed by atoms with Crippen LogP contribution >= 0.6 is 11.3 Å². The van der Waals surface area contributed by atoms with Gasteiger partial charge in [0.25, 0.3) is 0 Å². The van der Waals surface area contributed by atoms with Crippen LogP contribution in [0, 0.1) is 0 Å². The predicted molar refractivity (Wildman–Crippen MR) is 255 cm³/mol. The van der Waals surface area contributed by atoms with Gasteiger partial charge in [0.1, 0.15) is 22.3 Å². The van der Waals surface area contributed by atoms with Crippen molar-refractivity contribution in [1.82, 2.24) is 19.5 Å². The molecule has 14 aromatic rings. The summed E-state index contributed by atoms with van der Waals surface area (Å²) in [5.74, 6) is 1.62. The van der Waals surface area contributed by atoms with E-state index in [-0.39, 0.29) is 0 Å². The Bertz CT molecular complexity index is 4060. The molecule has 14 rings (SSSR count). The van der Waals surface area contributed by atoms with Crippen LogP contribution in [0.25, 0.3) is 136 Å². The summed E-state index contributed by atoms with van der Waals surface area (Å²) in [6, 6.07) is 63.9. The molecule has 0 aliphatic rings. The molecule has 0 spiro atoms. The summed E-state index contributed by atoms with van der Waals surface area (Å²) in [6.07, 6.45) is 0. The largest absolute Gasteiger partial charge is 0.456 e. The number of hydrogen-bond donors (Lipinski definition) is 0. The van der Waals surface area contributed by atoms with E-state index in [4.69, 9.17) is 23.8 Å². The van der Waals surface area contributed by atoms with E-state index in [9.17, 15) is 0 Å². The number of furan rings is 2. The number of fused-ring (bicyclic) bond motifs is 13. The maximum Gasteiger partial charge on any atom is 0.170 e. The summed E-state index contributed by atoms with van der Waals surface area (Å²) in [5.41, 5.74) is 8.72. The quantitative estimate of drug-likeness (QED) is 0.177. The first-order valence-electron chi connectivity index (χ1n) is 20.7. The van der Waals surface area contributed by atoms with Gasteiger partial charge in [-0.15, -0.1) is 11.3 Å². The highest BCUT2D eigenvalue weighted by Gasteiger charge is 2.25. The molecular formula is C55H30N4O2S. The van der Waals surface area contributed by atoms with Crippen molar-refractivity contribution in [2.45, 2.75) is 0 Å². The zero-order valence-electron chi connectivity index (χ0n) is 32.8. The van der Waals surface area contributed by atoms with E-state index in [1.165, 1.54) is 30.9 Å². The fourth-order valence-electron chi connectivity index (χ4n) is 9.57. The summed E-state index contributed by atoms with van der Waals surface area (Å²) in [7, 11) is 0. The lowest BCUT2D eigenvalue weighted by Crippen LogP contribution is -2.04. The number of benzene rings is 9. The minimum atomic E-state index is 0.512. The Hall–Kier alpha value is -8.13. The van der Waals surface area contributed by atoms with Crippen molar-refractivity contribution < 1.29 is 8.83 Å². The Labute approximate surface area is 356 Å². The van der Waals surface area contributed by atoms with Gasteiger partial charge in [0.15, 0.2) is 17.5 Å². The van der Waals surface area contributed by atoms with Crippen molar-refractivity contribution in [2.75, 3.05) is 0 Å². The van der Waals surface area contributed by atoms with Crippen LogP contribution in [0.3, 0.4) is 0 Å². The van der Waals surface area contributed by atoms with E-state index in [1.54, 1.807) is 11.3 Å². The average Bonchev–Trinajstić information content (AvgIpc) is 4.08. The van der Waals surface area contributed by atoms with Gasteiger partial charge >= 0.3 is 0 Å². The Morgan fingerprint density at radius 3 is 1.77 bits per heavy atom. The number of hydrogen-bond acceptors (Lipinski definition) is 6. The summed E-state index contributed by atoms with van der Waals surface area (Å²) in [4.78, 5) is 16.1. The molecule has 9 aromatic carbocycles. The highest BCUT2D eigenvalue weighted by Crippen LogP contribution is 2.44. The van der Waals surface area contributed by atoms with Gasteiger partial charge in [0.2, 0.25) is 0 Å². The Balaban J connectivity index is 1.09. The highest BCUT2D eigenvalue weighted by molar-refractivity contribution is 7.25. The number of rotatable bonds is 4. The van der Waals surface area contributed by atoms with Crippen molar-refractivity contribution >= 4 is 108 Å². The molecule has 5 heterocycles. The van der Waals surface area contributed by atoms with Gasteiger partial charge < -0.3 is 13.4 Å². The zero-order chi connectivity index (χ0) is 40.5. The van der Waals surface area contributed by atoms with Crippen molar-refractivity contribution in [1.29, 1.82) is 0 Å². The smallest absolute Gasteiger partial charge is 0.170 e. The molecule has 0 bridgehead atoms. The molecule has 0 radical (unpaired) electrons. The third kappa shape index (κ3) is 4.88. The molecule has 0 unspecified atom stereocenters. The normalized spacial score (nSPS) is 12.2. The maximum absolute atomic E-state index is 6.92. The van der Waals surface area contributed by atoms with Crippen LogP contribution in [0.4, 0.5) is 0 Å². The van der Waals surface area contributed by atoms with Crippen LogP contribution in [-0.4, -0.2) is 19.5 Å². The number of aromatic nitrogens is 4. The van der Waals surface area contributed by atoms with E-state index in [0.29, 0.717) is 23.1 Å². The average molecular weight is 811 g/mol. The molecule has 0 atom stereocenters. The minimum Gasteiger partial charge on any atom is -0.456 e. The van der Waals surface area contributed by atoms with E-state index >= 15 is 0 Å². The van der Waals surface area contributed by atoms with E-state index < -0.39 is 0 Å². The van der Waals surface area contributed by atoms with Crippen LogP contribution in [0.1, 0.15) is 0 Å². The Kier molecular flexibility index (Phi) is 6.89. The van der Waals surface area contributed by atoms with Crippen LogP contribution in [-0.2, 0) is 0 Å². The predicted octanol–water partition coefficient (Wildman–Crippen LogP) is 15.3. The zero-order valence-corrected chi connectivity index (χ0v) is 33.7. The molecular weight excluding hydrogens is 781 g/mol. The molecule has 0 aliphatic heterocycles. The van der Waals surface area contributed by atoms with Gasteiger partial charge in [0, 0.05) is 63.6 Å². The summed E-state index contributed by atoms with van der Waals surface area (Å²) in [6.45, 7) is 0. The third-order valence-electron chi connectivity index (χ3n) is 12.4. The SMILES string of the molecule is c1ccc2cc3c(cc2c1)c1ccccc1n3-c1ccc2c(oc3ccccc32)c1-c1nc(-c2ccc3c(c2)oc2ccccc23)nc(-c2ccc3c(c2)sc2ccccc23)n1. The first-order chi connectivity index (χ1) is 30.7. The first kappa shape index (κ1) is 33.7. The van der Waals surface area contributed by atoms with Crippen LogP contribution in [0.5, 0.6) is 0 Å². The van der Waals surface area contributed by atoms with E-state index in [1.807, 2.05) is 36.4 Å². The van der Waals surface area contributed by atoms with Crippen molar-refractivity contribution in [3.05, 3.63) is 182 Å². The molecule has 0 N–H and O–H groups in total. The van der Waals surface area contributed by atoms with Gasteiger partial charge in [-0.2, -0.15) is 0 Å². The van der Waals surface area contributed by atoms with Crippen LogP contribution < -0.4 is 0 Å². The lowest BCUT2D eigenvalue weighted by Gasteiger charge is -2.15. The first-order valence-corrected chi connectivity index (χ1v) is 21.5. The highest BCUT2D eigenvalue weighted by atomic mass is 32.1. The van der Waals surface area contributed by atoms with Gasteiger partial charge in [-0.3, -0.25) is 0 Å². The summed E-state index contributed by atoms with van der Waals surface area (Å²) >= 11 is 1.78. The van der Waals surface area contributed by atoms with Crippen LogP contribution in [0.15, 0.2) is 191 Å². The second-order valence-electron chi connectivity index (χ2n) is 15.9. The van der Waals surface area contributed by atoms with E-state index in [0.717, 1.165) is 82.5 Å². The lowest BCUT2D eigenvalue weighted by atomic mass is 10.0. The molecule has 62 heavy (non-hydrogen) atoms. The van der Waals surface area contributed by atoms with Crippen molar-refractivity contribution in [2.24, 2.45) is 0 Å². The van der Waals surface area contributed by atoms with Crippen molar-refractivity contribution in [3.8, 4) is 39.9 Å². The Morgan fingerprint density at radius 1 is 0.371 bits per heavy atom. The molecule has 6 nitrogen and oxygen atoms in total. The molecule has 0 amide bonds. The number of thiophene rings is 1. The lowest BCUT2D eigenvalue weighted by molar-refractivity contribution is 0.668.